The van der Waals surface area contributed by atoms with Gasteiger partial charge in [0.15, 0.2) is 5.78 Å². The summed E-state index contributed by atoms with van der Waals surface area (Å²) in [5.41, 5.74) is 2.53. The second-order valence-corrected chi connectivity index (χ2v) is 6.22. The highest BCUT2D eigenvalue weighted by molar-refractivity contribution is 9.09. The van der Waals surface area contributed by atoms with Gasteiger partial charge >= 0.3 is 0 Å². The third-order valence-electron chi connectivity index (χ3n) is 3.93. The van der Waals surface area contributed by atoms with Crippen molar-refractivity contribution in [2.75, 3.05) is 11.9 Å². The highest BCUT2D eigenvalue weighted by atomic mass is 79.9. The van der Waals surface area contributed by atoms with Crippen molar-refractivity contribution in [3.63, 3.8) is 0 Å². The van der Waals surface area contributed by atoms with Gasteiger partial charge in [-0.05, 0) is 37.5 Å². The van der Waals surface area contributed by atoms with E-state index in [2.05, 4.69) is 25.9 Å². The van der Waals surface area contributed by atoms with E-state index in [0.717, 1.165) is 12.1 Å². The number of aryl methyl sites for hydroxylation is 1. The molecule has 0 atom stereocenters. The average molecular weight is 407 g/mol. The standard InChI is InChI=1S/C19H23BrN2O3/c1-4-9-25-17-8-7-12(16(23)11-20)10-14(17)18-21-15(6-3)13(5-2)19(24)22-18/h7-8,10H,4-6,9,11H2,1-3H3,(H,21,22,24). The molecule has 2 aromatic rings. The number of hydrogen-bond acceptors (Lipinski definition) is 4. The van der Waals surface area contributed by atoms with Crippen LogP contribution < -0.4 is 10.3 Å². The summed E-state index contributed by atoms with van der Waals surface area (Å²) in [7, 11) is 0. The first-order valence-electron chi connectivity index (χ1n) is 8.54. The van der Waals surface area contributed by atoms with E-state index in [1.807, 2.05) is 20.8 Å². The quantitative estimate of drug-likeness (QED) is 0.532. The number of carbonyl (C=O) groups excluding carboxylic acids is 1. The number of halogens is 1. The molecule has 0 aliphatic carbocycles. The lowest BCUT2D eigenvalue weighted by molar-refractivity contribution is 0.102. The number of nitrogens with zero attached hydrogens (tertiary/aromatic N) is 1. The van der Waals surface area contributed by atoms with Gasteiger partial charge in [-0.2, -0.15) is 0 Å². The number of aromatic amines is 1. The Balaban J connectivity index is 2.64. The molecule has 134 valence electrons. The summed E-state index contributed by atoms with van der Waals surface area (Å²) < 4.78 is 5.79. The third-order valence-corrected chi connectivity index (χ3v) is 4.44. The van der Waals surface area contributed by atoms with Gasteiger partial charge in [0.2, 0.25) is 0 Å². The molecule has 5 nitrogen and oxygen atoms in total. The van der Waals surface area contributed by atoms with Gasteiger partial charge in [0.1, 0.15) is 11.6 Å². The van der Waals surface area contributed by atoms with E-state index in [0.29, 0.717) is 47.7 Å². The van der Waals surface area contributed by atoms with E-state index in [1.165, 1.54) is 0 Å². The van der Waals surface area contributed by atoms with Crippen molar-refractivity contribution in [1.29, 1.82) is 0 Å². The molecule has 2 rings (SSSR count). The van der Waals surface area contributed by atoms with E-state index in [1.54, 1.807) is 18.2 Å². The fraction of sp³-hybridized carbons (Fsp3) is 0.421. The normalized spacial score (nSPS) is 10.7. The summed E-state index contributed by atoms with van der Waals surface area (Å²) in [6.07, 6.45) is 2.17. The molecule has 0 amide bonds. The van der Waals surface area contributed by atoms with E-state index < -0.39 is 0 Å². The molecule has 0 fully saturated rings. The molecule has 0 spiro atoms. The summed E-state index contributed by atoms with van der Waals surface area (Å²) in [6.45, 7) is 6.49. The molecule has 0 unspecified atom stereocenters. The van der Waals surface area contributed by atoms with E-state index in [-0.39, 0.29) is 16.7 Å². The van der Waals surface area contributed by atoms with Crippen LogP contribution in [0, 0.1) is 0 Å². The molecule has 6 heteroatoms. The van der Waals surface area contributed by atoms with Gasteiger partial charge in [0, 0.05) is 11.1 Å². The number of benzene rings is 1. The Kier molecular flexibility index (Phi) is 6.93. The molecule has 0 aliphatic heterocycles. The third kappa shape index (κ3) is 4.37. The molecular weight excluding hydrogens is 384 g/mol. The predicted molar refractivity (Wildman–Crippen MR) is 103 cm³/mol. The van der Waals surface area contributed by atoms with Crippen molar-refractivity contribution in [2.24, 2.45) is 0 Å². The Labute approximate surface area is 156 Å². The minimum Gasteiger partial charge on any atom is -0.493 e. The summed E-state index contributed by atoms with van der Waals surface area (Å²) in [5, 5.41) is 0.237. The van der Waals surface area contributed by atoms with Crippen LogP contribution in [-0.2, 0) is 12.8 Å². The molecular formula is C19H23BrN2O3. The number of Topliss-reactive ketones (excluding diaryl/α,β-unsaturated/α-hetero) is 1. The largest absolute Gasteiger partial charge is 0.493 e. The van der Waals surface area contributed by atoms with Gasteiger partial charge in [0.25, 0.3) is 5.56 Å². The maximum absolute atomic E-state index is 12.4. The Bertz CT molecular complexity index is 815. The van der Waals surface area contributed by atoms with Gasteiger partial charge in [-0.1, -0.05) is 36.7 Å². The maximum Gasteiger partial charge on any atom is 0.254 e. The summed E-state index contributed by atoms with van der Waals surface area (Å²) in [5.74, 6) is 1.02. The number of hydrogen-bond donors (Lipinski definition) is 1. The Morgan fingerprint density at radius 2 is 2.00 bits per heavy atom. The van der Waals surface area contributed by atoms with Crippen molar-refractivity contribution in [3.05, 3.63) is 45.4 Å². The first-order chi connectivity index (χ1) is 12.0. The van der Waals surface area contributed by atoms with Crippen LogP contribution in [0.15, 0.2) is 23.0 Å². The molecule has 0 aliphatic rings. The molecule has 25 heavy (non-hydrogen) atoms. The second kappa shape index (κ2) is 8.94. The summed E-state index contributed by atoms with van der Waals surface area (Å²) in [4.78, 5) is 31.9. The molecule has 1 heterocycles. The Morgan fingerprint density at radius 3 is 2.60 bits per heavy atom. The van der Waals surface area contributed by atoms with Crippen LogP contribution in [0.2, 0.25) is 0 Å². The Morgan fingerprint density at radius 1 is 1.24 bits per heavy atom. The molecule has 1 aromatic heterocycles. The highest BCUT2D eigenvalue weighted by Crippen LogP contribution is 2.29. The summed E-state index contributed by atoms with van der Waals surface area (Å²) in [6, 6.07) is 5.23. The fourth-order valence-electron chi connectivity index (χ4n) is 2.63. The molecule has 0 saturated heterocycles. The zero-order valence-electron chi connectivity index (χ0n) is 14.8. The first kappa shape index (κ1) is 19.4. The van der Waals surface area contributed by atoms with Gasteiger partial charge in [-0.15, -0.1) is 0 Å². The topological polar surface area (TPSA) is 72.0 Å². The van der Waals surface area contributed by atoms with E-state index in [9.17, 15) is 9.59 Å². The minimum atomic E-state index is -0.136. The molecule has 1 aromatic carbocycles. The lowest BCUT2D eigenvalue weighted by atomic mass is 10.1. The number of H-pyrrole nitrogens is 1. The second-order valence-electron chi connectivity index (χ2n) is 5.66. The zero-order chi connectivity index (χ0) is 18.4. The number of aromatic nitrogens is 2. The van der Waals surface area contributed by atoms with Crippen LogP contribution in [0.25, 0.3) is 11.4 Å². The van der Waals surface area contributed by atoms with Crippen molar-refractivity contribution >= 4 is 21.7 Å². The zero-order valence-corrected chi connectivity index (χ0v) is 16.4. The van der Waals surface area contributed by atoms with Gasteiger partial charge in [0.05, 0.1) is 23.2 Å². The van der Waals surface area contributed by atoms with Crippen molar-refractivity contribution in [1.82, 2.24) is 9.97 Å². The van der Waals surface area contributed by atoms with Crippen LogP contribution in [0.3, 0.4) is 0 Å². The van der Waals surface area contributed by atoms with Crippen LogP contribution in [-0.4, -0.2) is 27.7 Å². The maximum atomic E-state index is 12.4. The number of nitrogens with one attached hydrogen (secondary N) is 1. The lowest BCUT2D eigenvalue weighted by Crippen LogP contribution is -2.18. The van der Waals surface area contributed by atoms with E-state index >= 15 is 0 Å². The smallest absolute Gasteiger partial charge is 0.254 e. The predicted octanol–water partition coefficient (Wildman–Crippen LogP) is 3.93. The summed E-state index contributed by atoms with van der Waals surface area (Å²) >= 11 is 3.19. The van der Waals surface area contributed by atoms with Gasteiger partial charge in [-0.25, -0.2) is 4.98 Å². The molecule has 1 N–H and O–H groups in total. The molecule has 0 saturated carbocycles. The SMILES string of the molecule is CCCOc1ccc(C(=O)CBr)cc1-c1nc(CC)c(CC)c(=O)[nH]1. The Hall–Kier alpha value is -1.95. The van der Waals surface area contributed by atoms with Crippen molar-refractivity contribution in [3.8, 4) is 17.1 Å². The highest BCUT2D eigenvalue weighted by Gasteiger charge is 2.16. The van der Waals surface area contributed by atoms with Crippen LogP contribution in [0.5, 0.6) is 5.75 Å². The van der Waals surface area contributed by atoms with Crippen LogP contribution >= 0.6 is 15.9 Å². The number of carbonyl (C=O) groups is 1. The van der Waals surface area contributed by atoms with Gasteiger partial charge in [-0.3, -0.25) is 9.59 Å². The van der Waals surface area contributed by atoms with Crippen LogP contribution in [0.4, 0.5) is 0 Å². The van der Waals surface area contributed by atoms with Crippen molar-refractivity contribution in [2.45, 2.75) is 40.0 Å². The van der Waals surface area contributed by atoms with Gasteiger partial charge < -0.3 is 9.72 Å². The molecule has 0 radical (unpaired) electrons. The average Bonchev–Trinajstić information content (AvgIpc) is 2.64. The monoisotopic (exact) mass is 406 g/mol. The number of alkyl halides is 1. The molecule has 0 bridgehead atoms. The minimum absolute atomic E-state index is 0.0356. The first-order valence-corrected chi connectivity index (χ1v) is 9.66. The lowest BCUT2D eigenvalue weighted by Gasteiger charge is -2.13. The van der Waals surface area contributed by atoms with Crippen molar-refractivity contribution < 1.29 is 9.53 Å². The van der Waals surface area contributed by atoms with E-state index in [4.69, 9.17) is 4.74 Å². The number of ketones is 1. The number of rotatable bonds is 8. The number of ether oxygens (including phenoxy) is 1. The fourth-order valence-corrected chi connectivity index (χ4v) is 2.96. The van der Waals surface area contributed by atoms with Crippen LogP contribution in [0.1, 0.15) is 48.8 Å².